The number of aliphatic hydroxyl groups excluding tert-OH is 3. The van der Waals surface area contributed by atoms with E-state index in [0.717, 1.165) is 0 Å². The highest BCUT2D eigenvalue weighted by Gasteiger charge is 2.64. The van der Waals surface area contributed by atoms with E-state index in [4.69, 9.17) is 37.9 Å². The molecule has 52 heavy (non-hydrogen) atoms. The number of ether oxygens (including phenoxy) is 8. The van der Waals surface area contributed by atoms with Crippen LogP contribution in [0, 0.1) is 29.6 Å². The first-order valence-electron chi connectivity index (χ1n) is 18.1. The number of carbonyl (C=O) groups excluding carboxylic acids is 5. The standard InChI is InChI=1S/C36H60O16/c1-18(2)11-25(38)45-16-24-31(48-26(39)12-19(3)4)33(50-28(41)14-21(7)8)36(51-24,17-46-34(44)22(9)10)52-35-32(49-27(40)13-20(5)6)30(43)29(42)23(15-37)47-35/h18-24,29-33,35,37,42-43H,11-17H2,1-10H3/t23-,24-,29-,30+,31-,32-,33+,35+,36+/m1/s1. The molecule has 0 aromatic rings. The zero-order valence-electron chi connectivity index (χ0n) is 32.1. The first-order valence-corrected chi connectivity index (χ1v) is 18.1. The molecule has 2 rings (SSSR count). The predicted octanol–water partition coefficient (Wildman–Crippen LogP) is 2.20. The molecule has 16 nitrogen and oxygen atoms in total. The lowest BCUT2D eigenvalue weighted by Crippen LogP contribution is -2.64. The maximum absolute atomic E-state index is 13.4. The summed E-state index contributed by atoms with van der Waals surface area (Å²) in [4.78, 5) is 65.0. The number of carbonyl (C=O) groups is 5. The summed E-state index contributed by atoms with van der Waals surface area (Å²) in [5.41, 5.74) is 0. The molecule has 16 heteroatoms. The fraction of sp³-hybridized carbons (Fsp3) is 0.861. The second-order valence-electron chi connectivity index (χ2n) is 15.4. The van der Waals surface area contributed by atoms with E-state index in [-0.39, 0.29) is 49.4 Å². The monoisotopic (exact) mass is 748 g/mol. The van der Waals surface area contributed by atoms with Gasteiger partial charge in [0.2, 0.25) is 12.1 Å². The molecule has 0 bridgehead atoms. The van der Waals surface area contributed by atoms with Crippen LogP contribution in [0.2, 0.25) is 0 Å². The van der Waals surface area contributed by atoms with Gasteiger partial charge >= 0.3 is 29.8 Å². The van der Waals surface area contributed by atoms with Crippen molar-refractivity contribution in [3.63, 3.8) is 0 Å². The molecule has 0 aromatic carbocycles. The van der Waals surface area contributed by atoms with Gasteiger partial charge in [-0.25, -0.2) is 0 Å². The van der Waals surface area contributed by atoms with Crippen LogP contribution < -0.4 is 0 Å². The van der Waals surface area contributed by atoms with Gasteiger partial charge in [0.1, 0.15) is 37.6 Å². The van der Waals surface area contributed by atoms with Crippen LogP contribution in [0.5, 0.6) is 0 Å². The van der Waals surface area contributed by atoms with Crippen molar-refractivity contribution in [3.8, 4) is 0 Å². The maximum Gasteiger partial charge on any atom is 0.308 e. The van der Waals surface area contributed by atoms with Gasteiger partial charge in [-0.2, -0.15) is 0 Å². The molecule has 2 saturated heterocycles. The first kappa shape index (κ1) is 45.3. The molecule has 9 atom stereocenters. The molecule has 3 N–H and O–H groups in total. The van der Waals surface area contributed by atoms with E-state index < -0.39 is 110 Å². The average molecular weight is 749 g/mol. The van der Waals surface area contributed by atoms with E-state index in [1.165, 1.54) is 0 Å². The smallest absolute Gasteiger partial charge is 0.308 e. The molecular formula is C36H60O16. The van der Waals surface area contributed by atoms with Gasteiger partial charge in [-0.3, -0.25) is 24.0 Å². The van der Waals surface area contributed by atoms with Crippen LogP contribution in [0.4, 0.5) is 0 Å². The van der Waals surface area contributed by atoms with E-state index >= 15 is 0 Å². The van der Waals surface area contributed by atoms with Crippen molar-refractivity contribution in [2.75, 3.05) is 19.8 Å². The first-order chi connectivity index (χ1) is 24.2. The van der Waals surface area contributed by atoms with Crippen molar-refractivity contribution < 1.29 is 77.2 Å². The molecule has 0 radical (unpaired) electrons. The van der Waals surface area contributed by atoms with Gasteiger partial charge in [-0.15, -0.1) is 0 Å². The van der Waals surface area contributed by atoms with Crippen molar-refractivity contribution in [1.29, 1.82) is 0 Å². The number of hydrogen-bond acceptors (Lipinski definition) is 16. The Kier molecular flexibility index (Phi) is 17.9. The fourth-order valence-electron chi connectivity index (χ4n) is 5.47. The highest BCUT2D eigenvalue weighted by Crippen LogP contribution is 2.41. The molecule has 0 saturated carbocycles. The quantitative estimate of drug-likeness (QED) is 0.127. The summed E-state index contributed by atoms with van der Waals surface area (Å²) >= 11 is 0. The average Bonchev–Trinajstić information content (AvgIpc) is 3.27. The van der Waals surface area contributed by atoms with Crippen molar-refractivity contribution in [2.24, 2.45) is 29.6 Å². The normalized spacial score (nSPS) is 29.1. The van der Waals surface area contributed by atoms with E-state index in [0.29, 0.717) is 0 Å². The summed E-state index contributed by atoms with van der Waals surface area (Å²) in [7, 11) is 0. The van der Waals surface area contributed by atoms with Crippen molar-refractivity contribution in [3.05, 3.63) is 0 Å². The van der Waals surface area contributed by atoms with Crippen LogP contribution in [0.3, 0.4) is 0 Å². The van der Waals surface area contributed by atoms with E-state index in [9.17, 15) is 39.3 Å². The number of esters is 5. The Morgan fingerprint density at radius 1 is 0.635 bits per heavy atom. The summed E-state index contributed by atoms with van der Waals surface area (Å²) in [6, 6.07) is 0. The van der Waals surface area contributed by atoms with Crippen molar-refractivity contribution >= 4 is 29.8 Å². The van der Waals surface area contributed by atoms with Gasteiger partial charge in [0.25, 0.3) is 0 Å². The lowest BCUT2D eigenvalue weighted by Gasteiger charge is -2.45. The van der Waals surface area contributed by atoms with Gasteiger partial charge in [0.15, 0.2) is 18.3 Å². The van der Waals surface area contributed by atoms with Gasteiger partial charge in [-0.1, -0.05) is 69.2 Å². The minimum Gasteiger partial charge on any atom is -0.463 e. The summed E-state index contributed by atoms with van der Waals surface area (Å²) in [6.07, 6.45) is -13.5. The third-order valence-corrected chi connectivity index (χ3v) is 7.98. The second kappa shape index (κ2) is 20.5. The minimum absolute atomic E-state index is 0.0487. The Bertz CT molecular complexity index is 1180. The third kappa shape index (κ3) is 13.5. The van der Waals surface area contributed by atoms with Crippen LogP contribution in [0.25, 0.3) is 0 Å². The molecule has 0 unspecified atom stereocenters. The van der Waals surface area contributed by atoms with Crippen molar-refractivity contribution in [1.82, 2.24) is 0 Å². The number of aliphatic hydroxyl groups is 3. The highest BCUT2D eigenvalue weighted by atomic mass is 16.8. The van der Waals surface area contributed by atoms with Crippen LogP contribution in [0.15, 0.2) is 0 Å². The Balaban J connectivity index is 2.78. The predicted molar refractivity (Wildman–Crippen MR) is 181 cm³/mol. The molecule has 0 aliphatic carbocycles. The zero-order chi connectivity index (χ0) is 39.5. The van der Waals surface area contributed by atoms with E-state index in [2.05, 4.69) is 0 Å². The van der Waals surface area contributed by atoms with Crippen LogP contribution in [-0.2, 0) is 61.9 Å². The van der Waals surface area contributed by atoms with E-state index in [1.807, 2.05) is 13.8 Å². The third-order valence-electron chi connectivity index (χ3n) is 7.98. The maximum atomic E-state index is 13.4. The zero-order valence-corrected chi connectivity index (χ0v) is 32.1. The number of rotatable bonds is 19. The van der Waals surface area contributed by atoms with Gasteiger partial charge < -0.3 is 53.2 Å². The van der Waals surface area contributed by atoms with Crippen molar-refractivity contribution in [2.45, 2.75) is 150 Å². The van der Waals surface area contributed by atoms with Gasteiger partial charge in [0.05, 0.1) is 12.5 Å². The molecule has 0 spiro atoms. The molecule has 2 heterocycles. The topological polar surface area (TPSA) is 220 Å². The van der Waals surface area contributed by atoms with Gasteiger partial charge in [-0.05, 0) is 23.7 Å². The highest BCUT2D eigenvalue weighted by molar-refractivity contribution is 5.72. The Morgan fingerprint density at radius 3 is 1.60 bits per heavy atom. The molecular weight excluding hydrogens is 688 g/mol. The molecule has 0 amide bonds. The largest absolute Gasteiger partial charge is 0.463 e. The summed E-state index contributed by atoms with van der Waals surface area (Å²) in [5, 5.41) is 31.9. The minimum atomic E-state index is -2.43. The molecule has 2 aliphatic heterocycles. The number of hydrogen-bond donors (Lipinski definition) is 3. The lowest BCUT2D eigenvalue weighted by atomic mass is 9.98. The SMILES string of the molecule is CC(C)CC(=O)OC[C@H]1O[C@@](COC(=O)C(C)C)(O[C@@H]2O[C@H](CO)[C@@H](O)[C@H](O)[C@H]2OC(=O)CC(C)C)[C@@H](OC(=O)CC(C)C)[C@@H]1OC(=O)CC(C)C. The Morgan fingerprint density at radius 2 is 1.12 bits per heavy atom. The molecule has 2 fully saturated rings. The van der Waals surface area contributed by atoms with Gasteiger partial charge in [0, 0.05) is 25.7 Å². The summed E-state index contributed by atoms with van der Waals surface area (Å²) in [6.45, 7) is 15.2. The molecule has 300 valence electrons. The lowest BCUT2D eigenvalue weighted by molar-refractivity contribution is -0.384. The summed E-state index contributed by atoms with van der Waals surface area (Å²) < 4.78 is 47.0. The second-order valence-corrected chi connectivity index (χ2v) is 15.4. The van der Waals surface area contributed by atoms with E-state index in [1.54, 1.807) is 55.4 Å². The van der Waals surface area contributed by atoms with Crippen LogP contribution in [0.1, 0.15) is 94.9 Å². The Labute approximate surface area is 306 Å². The van der Waals surface area contributed by atoms with Crippen LogP contribution >= 0.6 is 0 Å². The Hall–Kier alpha value is -2.89. The summed E-state index contributed by atoms with van der Waals surface area (Å²) in [5.74, 6) is -7.23. The van der Waals surface area contributed by atoms with Crippen LogP contribution in [-0.4, -0.2) is 120 Å². The molecule has 0 aromatic heterocycles. The molecule has 2 aliphatic rings. The fourth-order valence-corrected chi connectivity index (χ4v) is 5.47.